The van der Waals surface area contributed by atoms with Gasteiger partial charge in [0.05, 0.1) is 6.10 Å². The van der Waals surface area contributed by atoms with Crippen molar-refractivity contribution in [2.75, 3.05) is 13.1 Å². The molecule has 15 heavy (non-hydrogen) atoms. The van der Waals surface area contributed by atoms with Crippen LogP contribution in [0.1, 0.15) is 52.4 Å². The molecule has 0 radical (unpaired) electrons. The highest BCUT2D eigenvalue weighted by atomic mass is 16.3. The van der Waals surface area contributed by atoms with E-state index in [1.54, 1.807) is 0 Å². The Labute approximate surface area is 94.5 Å². The van der Waals surface area contributed by atoms with Crippen LogP contribution in [0, 0.1) is 11.8 Å². The van der Waals surface area contributed by atoms with E-state index in [0.29, 0.717) is 5.92 Å². The lowest BCUT2D eigenvalue weighted by Gasteiger charge is -2.23. The van der Waals surface area contributed by atoms with E-state index in [1.165, 1.54) is 38.6 Å². The van der Waals surface area contributed by atoms with Crippen LogP contribution < -0.4 is 5.32 Å². The van der Waals surface area contributed by atoms with Gasteiger partial charge in [0.25, 0.3) is 0 Å². The van der Waals surface area contributed by atoms with Crippen molar-refractivity contribution in [1.29, 1.82) is 0 Å². The van der Waals surface area contributed by atoms with Crippen molar-refractivity contribution in [2.24, 2.45) is 11.8 Å². The van der Waals surface area contributed by atoms with Gasteiger partial charge in [-0.25, -0.2) is 0 Å². The number of hydrogen-bond donors (Lipinski definition) is 2. The van der Waals surface area contributed by atoms with Crippen LogP contribution in [0.15, 0.2) is 0 Å². The molecule has 0 spiro atoms. The molecule has 2 atom stereocenters. The molecule has 1 saturated carbocycles. The zero-order chi connectivity index (χ0) is 11.1. The number of aliphatic hydroxyl groups is 1. The lowest BCUT2D eigenvalue weighted by molar-refractivity contribution is 0.162. The van der Waals surface area contributed by atoms with Crippen LogP contribution in [0.25, 0.3) is 0 Å². The molecule has 0 aromatic carbocycles. The summed E-state index contributed by atoms with van der Waals surface area (Å²) in [5.74, 6) is 1.51. The zero-order valence-corrected chi connectivity index (χ0v) is 10.3. The number of rotatable bonds is 6. The molecule has 1 fully saturated rings. The van der Waals surface area contributed by atoms with Crippen molar-refractivity contribution in [1.82, 2.24) is 5.32 Å². The minimum atomic E-state index is -0.156. The molecule has 0 bridgehead atoms. The standard InChI is InChI=1S/C13H27NO/c1-11(8-12(2)15)9-14-10-13-6-4-3-5-7-13/h11-15H,3-10H2,1-2H3. The first-order valence-electron chi connectivity index (χ1n) is 6.57. The average molecular weight is 213 g/mol. The van der Waals surface area contributed by atoms with Crippen molar-refractivity contribution >= 4 is 0 Å². The highest BCUT2D eigenvalue weighted by Gasteiger charge is 2.13. The van der Waals surface area contributed by atoms with Gasteiger partial charge in [0.15, 0.2) is 0 Å². The summed E-state index contributed by atoms with van der Waals surface area (Å²) in [4.78, 5) is 0. The normalized spacial score (nSPS) is 22.6. The van der Waals surface area contributed by atoms with Crippen molar-refractivity contribution in [3.8, 4) is 0 Å². The lowest BCUT2D eigenvalue weighted by atomic mass is 9.89. The third-order valence-corrected chi connectivity index (χ3v) is 3.39. The molecule has 2 N–H and O–H groups in total. The molecule has 0 aliphatic heterocycles. The predicted molar refractivity (Wildman–Crippen MR) is 64.9 cm³/mol. The highest BCUT2D eigenvalue weighted by Crippen LogP contribution is 2.22. The van der Waals surface area contributed by atoms with Crippen LogP contribution in [0.3, 0.4) is 0 Å². The molecule has 0 heterocycles. The minimum Gasteiger partial charge on any atom is -0.393 e. The number of aliphatic hydroxyl groups excluding tert-OH is 1. The van der Waals surface area contributed by atoms with E-state index in [-0.39, 0.29) is 6.10 Å². The fraction of sp³-hybridized carbons (Fsp3) is 1.00. The van der Waals surface area contributed by atoms with E-state index >= 15 is 0 Å². The fourth-order valence-electron chi connectivity index (χ4n) is 2.59. The zero-order valence-electron chi connectivity index (χ0n) is 10.3. The Hall–Kier alpha value is -0.0800. The summed E-state index contributed by atoms with van der Waals surface area (Å²) in [6.45, 7) is 6.32. The maximum Gasteiger partial charge on any atom is 0.0515 e. The van der Waals surface area contributed by atoms with E-state index in [1.807, 2.05) is 6.92 Å². The summed E-state index contributed by atoms with van der Waals surface area (Å²) < 4.78 is 0. The summed E-state index contributed by atoms with van der Waals surface area (Å²) in [6.07, 6.45) is 7.88. The Balaban J connectivity index is 1.99. The maximum atomic E-state index is 9.24. The first kappa shape index (κ1) is 13.0. The molecular weight excluding hydrogens is 186 g/mol. The van der Waals surface area contributed by atoms with Gasteiger partial charge in [0.2, 0.25) is 0 Å². The van der Waals surface area contributed by atoms with Crippen LogP contribution in [0.2, 0.25) is 0 Å². The Morgan fingerprint density at radius 3 is 2.47 bits per heavy atom. The quantitative estimate of drug-likeness (QED) is 0.711. The average Bonchev–Trinajstić information content (AvgIpc) is 2.18. The van der Waals surface area contributed by atoms with Crippen LogP contribution in [0.5, 0.6) is 0 Å². The topological polar surface area (TPSA) is 32.3 Å². The van der Waals surface area contributed by atoms with Gasteiger partial charge < -0.3 is 10.4 Å². The lowest BCUT2D eigenvalue weighted by Crippen LogP contribution is -2.29. The van der Waals surface area contributed by atoms with E-state index in [0.717, 1.165) is 18.9 Å². The highest BCUT2D eigenvalue weighted by molar-refractivity contribution is 4.69. The van der Waals surface area contributed by atoms with Gasteiger partial charge in [0, 0.05) is 0 Å². The van der Waals surface area contributed by atoms with Gasteiger partial charge in [-0.2, -0.15) is 0 Å². The molecule has 2 nitrogen and oxygen atoms in total. The second-order valence-electron chi connectivity index (χ2n) is 5.35. The molecule has 0 aromatic rings. The second kappa shape index (κ2) is 7.24. The largest absolute Gasteiger partial charge is 0.393 e. The van der Waals surface area contributed by atoms with Crippen LogP contribution in [-0.4, -0.2) is 24.3 Å². The smallest absolute Gasteiger partial charge is 0.0515 e. The SMILES string of the molecule is CC(O)CC(C)CNCC1CCCCC1. The Morgan fingerprint density at radius 2 is 1.87 bits per heavy atom. The number of nitrogens with one attached hydrogen (secondary N) is 1. The number of hydrogen-bond acceptors (Lipinski definition) is 2. The monoisotopic (exact) mass is 213 g/mol. The molecule has 1 rings (SSSR count). The van der Waals surface area contributed by atoms with Crippen molar-refractivity contribution in [3.05, 3.63) is 0 Å². The molecule has 1 aliphatic rings. The van der Waals surface area contributed by atoms with E-state index in [9.17, 15) is 5.11 Å². The van der Waals surface area contributed by atoms with Crippen LogP contribution in [-0.2, 0) is 0 Å². The van der Waals surface area contributed by atoms with Crippen LogP contribution in [0.4, 0.5) is 0 Å². The van der Waals surface area contributed by atoms with Gasteiger partial charge in [-0.1, -0.05) is 26.2 Å². The Morgan fingerprint density at radius 1 is 1.20 bits per heavy atom. The second-order valence-corrected chi connectivity index (χ2v) is 5.35. The van der Waals surface area contributed by atoms with Gasteiger partial charge in [0.1, 0.15) is 0 Å². The molecule has 90 valence electrons. The molecular formula is C13H27NO. The van der Waals surface area contributed by atoms with E-state index in [4.69, 9.17) is 0 Å². The molecule has 0 aromatic heterocycles. The summed E-state index contributed by atoms with van der Waals surface area (Å²) >= 11 is 0. The van der Waals surface area contributed by atoms with Gasteiger partial charge in [-0.05, 0) is 51.1 Å². The molecule has 0 amide bonds. The predicted octanol–water partition coefficient (Wildman–Crippen LogP) is 2.56. The summed E-state index contributed by atoms with van der Waals surface area (Å²) in [6, 6.07) is 0. The van der Waals surface area contributed by atoms with Crippen molar-refractivity contribution in [3.63, 3.8) is 0 Å². The summed E-state index contributed by atoms with van der Waals surface area (Å²) in [5.41, 5.74) is 0. The summed E-state index contributed by atoms with van der Waals surface area (Å²) in [5, 5.41) is 12.8. The van der Waals surface area contributed by atoms with E-state index < -0.39 is 0 Å². The van der Waals surface area contributed by atoms with Crippen LogP contribution >= 0.6 is 0 Å². The van der Waals surface area contributed by atoms with Crippen molar-refractivity contribution in [2.45, 2.75) is 58.5 Å². The third-order valence-electron chi connectivity index (χ3n) is 3.39. The van der Waals surface area contributed by atoms with Gasteiger partial charge in [-0.15, -0.1) is 0 Å². The molecule has 1 aliphatic carbocycles. The van der Waals surface area contributed by atoms with E-state index in [2.05, 4.69) is 12.2 Å². The Kier molecular flexibility index (Phi) is 6.26. The Bertz CT molecular complexity index is 153. The van der Waals surface area contributed by atoms with Gasteiger partial charge >= 0.3 is 0 Å². The first-order valence-corrected chi connectivity index (χ1v) is 6.57. The maximum absolute atomic E-state index is 9.24. The molecule has 2 heteroatoms. The fourth-order valence-corrected chi connectivity index (χ4v) is 2.59. The minimum absolute atomic E-state index is 0.156. The molecule has 2 unspecified atom stereocenters. The summed E-state index contributed by atoms with van der Waals surface area (Å²) in [7, 11) is 0. The third kappa shape index (κ3) is 6.16. The first-order chi connectivity index (χ1) is 7.18. The van der Waals surface area contributed by atoms with Crippen molar-refractivity contribution < 1.29 is 5.11 Å². The molecule has 0 saturated heterocycles. The van der Waals surface area contributed by atoms with Gasteiger partial charge in [-0.3, -0.25) is 0 Å².